The number of nitrogens with zero attached hydrogens (tertiary/aromatic N) is 1. The molecule has 0 bridgehead atoms. The quantitative estimate of drug-likeness (QED) is 0.869. The molecule has 17 heavy (non-hydrogen) atoms. The molecule has 1 aromatic rings. The summed E-state index contributed by atoms with van der Waals surface area (Å²) in [7, 11) is 0. The molecule has 0 unspecified atom stereocenters. The van der Waals surface area contributed by atoms with Crippen LogP contribution in [0.1, 0.15) is 17.6 Å². The summed E-state index contributed by atoms with van der Waals surface area (Å²) in [6.45, 7) is -0.917. The molecule has 1 N–H and O–H groups in total. The first-order valence-corrected chi connectivity index (χ1v) is 4.87. The monoisotopic (exact) mass is 321 g/mol. The smallest absolute Gasteiger partial charge is 0.391 e. The van der Waals surface area contributed by atoms with Gasteiger partial charge in [-0.2, -0.15) is 0 Å². The van der Waals surface area contributed by atoms with Gasteiger partial charge >= 0.3 is 6.36 Å². The topological polar surface area (TPSA) is 42.4 Å². The highest BCUT2D eigenvalue weighted by Crippen LogP contribution is 2.35. The summed E-state index contributed by atoms with van der Waals surface area (Å²) in [5.41, 5.74) is -1.11. The van der Waals surface area contributed by atoms with E-state index in [0.29, 0.717) is 6.20 Å². The van der Waals surface area contributed by atoms with Crippen LogP contribution in [0, 0.1) is 0 Å². The van der Waals surface area contributed by atoms with E-state index in [4.69, 9.17) is 5.11 Å². The van der Waals surface area contributed by atoms with Crippen LogP contribution in [0.5, 0.6) is 5.88 Å². The molecule has 0 spiro atoms. The Labute approximate surface area is 100 Å². The lowest BCUT2D eigenvalue weighted by atomic mass is 10.2. The molecular formula is C8H5BrF5NO2. The SMILES string of the molecule is OCc1c(OC(F)(F)F)ncc(C(F)F)c1Br. The highest BCUT2D eigenvalue weighted by Gasteiger charge is 2.34. The van der Waals surface area contributed by atoms with Crippen molar-refractivity contribution in [3.05, 3.63) is 21.8 Å². The number of ether oxygens (including phenoxy) is 1. The Morgan fingerprint density at radius 2 is 2.00 bits per heavy atom. The first-order valence-electron chi connectivity index (χ1n) is 4.08. The van der Waals surface area contributed by atoms with Crippen molar-refractivity contribution < 1.29 is 31.8 Å². The molecule has 1 rings (SSSR count). The van der Waals surface area contributed by atoms with Crippen molar-refractivity contribution in [3.63, 3.8) is 0 Å². The third-order valence-corrected chi connectivity index (χ3v) is 2.64. The Kier molecular flexibility index (Phi) is 4.26. The van der Waals surface area contributed by atoms with Gasteiger partial charge in [-0.25, -0.2) is 13.8 Å². The summed E-state index contributed by atoms with van der Waals surface area (Å²) in [5.74, 6) is -0.962. The van der Waals surface area contributed by atoms with Gasteiger partial charge in [0.2, 0.25) is 5.88 Å². The Hall–Kier alpha value is -0.960. The zero-order valence-electron chi connectivity index (χ0n) is 7.93. The van der Waals surface area contributed by atoms with Crippen LogP contribution in [0.3, 0.4) is 0 Å². The Morgan fingerprint density at radius 3 is 2.41 bits per heavy atom. The van der Waals surface area contributed by atoms with Gasteiger partial charge in [-0.1, -0.05) is 0 Å². The van der Waals surface area contributed by atoms with E-state index in [-0.39, 0.29) is 4.47 Å². The number of aromatic nitrogens is 1. The van der Waals surface area contributed by atoms with Gasteiger partial charge in [0.05, 0.1) is 17.7 Å². The molecule has 3 nitrogen and oxygen atoms in total. The van der Waals surface area contributed by atoms with E-state index in [0.717, 1.165) is 0 Å². The lowest BCUT2D eigenvalue weighted by Gasteiger charge is -2.14. The molecule has 0 aromatic carbocycles. The molecule has 0 radical (unpaired) electrons. The minimum Gasteiger partial charge on any atom is -0.391 e. The first-order chi connectivity index (χ1) is 7.76. The molecule has 0 amide bonds. The standard InChI is InChI=1S/C8H5BrF5NO2/c9-5-3(6(10)11)1-15-7(4(5)2-16)17-8(12,13)14/h1,6,16H,2H2. The van der Waals surface area contributed by atoms with Gasteiger partial charge in [0, 0.05) is 10.7 Å². The number of rotatable bonds is 3. The third-order valence-electron chi connectivity index (χ3n) is 1.70. The minimum absolute atomic E-state index is 0.357. The summed E-state index contributed by atoms with van der Waals surface area (Å²) in [4.78, 5) is 3.10. The van der Waals surface area contributed by atoms with Gasteiger partial charge in [-0.05, 0) is 15.9 Å². The van der Waals surface area contributed by atoms with Crippen molar-refractivity contribution >= 4 is 15.9 Å². The van der Waals surface area contributed by atoms with Crippen LogP contribution in [0.4, 0.5) is 22.0 Å². The van der Waals surface area contributed by atoms with Crippen LogP contribution in [-0.2, 0) is 6.61 Å². The van der Waals surface area contributed by atoms with E-state index in [1.807, 2.05) is 0 Å². The van der Waals surface area contributed by atoms with Gasteiger partial charge in [0.25, 0.3) is 6.43 Å². The average molecular weight is 322 g/mol. The largest absolute Gasteiger partial charge is 0.574 e. The highest BCUT2D eigenvalue weighted by atomic mass is 79.9. The number of aliphatic hydroxyl groups excluding tert-OH is 1. The first kappa shape index (κ1) is 14.1. The van der Waals surface area contributed by atoms with Crippen molar-refractivity contribution in [2.24, 2.45) is 0 Å². The molecular weight excluding hydrogens is 317 g/mol. The Morgan fingerprint density at radius 1 is 1.41 bits per heavy atom. The van der Waals surface area contributed by atoms with Crippen molar-refractivity contribution in [2.75, 3.05) is 0 Å². The van der Waals surface area contributed by atoms with Gasteiger partial charge in [0.1, 0.15) is 0 Å². The predicted octanol–water partition coefficient (Wildman–Crippen LogP) is 3.17. The summed E-state index contributed by atoms with van der Waals surface area (Å²) < 4.78 is 63.8. The summed E-state index contributed by atoms with van der Waals surface area (Å²) >= 11 is 2.67. The lowest BCUT2D eigenvalue weighted by molar-refractivity contribution is -0.276. The van der Waals surface area contributed by atoms with Crippen LogP contribution in [0.25, 0.3) is 0 Å². The van der Waals surface area contributed by atoms with Crippen molar-refractivity contribution in [2.45, 2.75) is 19.4 Å². The van der Waals surface area contributed by atoms with E-state index in [1.54, 1.807) is 0 Å². The number of hydrogen-bond acceptors (Lipinski definition) is 3. The van der Waals surface area contributed by atoms with Crippen LogP contribution in [0.15, 0.2) is 10.7 Å². The minimum atomic E-state index is -5.01. The van der Waals surface area contributed by atoms with Crippen molar-refractivity contribution in [1.29, 1.82) is 0 Å². The second-order valence-electron chi connectivity index (χ2n) is 2.82. The van der Waals surface area contributed by atoms with E-state index < -0.39 is 36.4 Å². The third kappa shape index (κ3) is 3.50. The molecule has 1 aromatic heterocycles. The maximum atomic E-state index is 12.4. The molecule has 0 aliphatic rings. The zero-order chi connectivity index (χ0) is 13.2. The van der Waals surface area contributed by atoms with Crippen LogP contribution in [-0.4, -0.2) is 16.5 Å². The maximum absolute atomic E-state index is 12.4. The fourth-order valence-corrected chi connectivity index (χ4v) is 1.59. The van der Waals surface area contributed by atoms with Crippen LogP contribution >= 0.6 is 15.9 Å². The number of halogens is 6. The highest BCUT2D eigenvalue weighted by molar-refractivity contribution is 9.10. The molecule has 0 atom stereocenters. The van der Waals surface area contributed by atoms with Gasteiger partial charge in [-0.3, -0.25) is 0 Å². The number of aliphatic hydroxyl groups is 1. The molecule has 0 aliphatic carbocycles. The number of hydrogen-bond donors (Lipinski definition) is 1. The van der Waals surface area contributed by atoms with Crippen molar-refractivity contribution in [3.8, 4) is 5.88 Å². The van der Waals surface area contributed by atoms with Crippen LogP contribution in [0.2, 0.25) is 0 Å². The normalized spacial score (nSPS) is 12.0. The van der Waals surface area contributed by atoms with E-state index >= 15 is 0 Å². The Bertz CT molecular complexity index is 410. The number of pyridine rings is 1. The van der Waals surface area contributed by atoms with E-state index in [2.05, 4.69) is 25.7 Å². The average Bonchev–Trinajstić information content (AvgIpc) is 2.15. The predicted molar refractivity (Wildman–Crippen MR) is 49.5 cm³/mol. The molecule has 0 fully saturated rings. The number of alkyl halides is 5. The summed E-state index contributed by atoms with van der Waals surface area (Å²) in [6.07, 6.45) is -7.39. The van der Waals surface area contributed by atoms with Gasteiger partial charge < -0.3 is 9.84 Å². The van der Waals surface area contributed by atoms with E-state index in [9.17, 15) is 22.0 Å². The lowest BCUT2D eigenvalue weighted by Crippen LogP contribution is -2.19. The second kappa shape index (κ2) is 5.13. The molecule has 0 aliphatic heterocycles. The fourth-order valence-electron chi connectivity index (χ4n) is 1.02. The Balaban J connectivity index is 3.21. The zero-order valence-corrected chi connectivity index (χ0v) is 9.52. The molecule has 96 valence electrons. The molecule has 0 saturated heterocycles. The summed E-state index contributed by atoms with van der Waals surface area (Å²) in [6, 6.07) is 0. The maximum Gasteiger partial charge on any atom is 0.574 e. The van der Waals surface area contributed by atoms with Gasteiger partial charge in [-0.15, -0.1) is 13.2 Å². The molecule has 9 heteroatoms. The fraction of sp³-hybridized carbons (Fsp3) is 0.375. The van der Waals surface area contributed by atoms with E-state index in [1.165, 1.54) is 0 Å². The summed E-state index contributed by atoms with van der Waals surface area (Å²) in [5, 5.41) is 8.84. The molecule has 0 saturated carbocycles. The second-order valence-corrected chi connectivity index (χ2v) is 3.61. The van der Waals surface area contributed by atoms with Crippen LogP contribution < -0.4 is 4.74 Å². The van der Waals surface area contributed by atoms with Crippen molar-refractivity contribution in [1.82, 2.24) is 4.98 Å². The van der Waals surface area contributed by atoms with Gasteiger partial charge in [0.15, 0.2) is 0 Å². The molecule has 1 heterocycles.